The molecular weight excluding hydrogens is 344 g/mol. The van der Waals surface area contributed by atoms with Crippen LogP contribution in [0.1, 0.15) is 25.0 Å². The zero-order valence-electron chi connectivity index (χ0n) is 15.2. The molecule has 136 valence electrons. The Balaban J connectivity index is 2.06. The maximum Gasteiger partial charge on any atom is 0.120 e. The van der Waals surface area contributed by atoms with E-state index < -0.39 is 0 Å². The largest absolute Gasteiger partial charge is 0.508 e. The lowest BCUT2D eigenvalue weighted by Crippen LogP contribution is -2.16. The van der Waals surface area contributed by atoms with Gasteiger partial charge in [0.05, 0.1) is 0 Å². The standard InChI is InChI=1S/C22H25ClN2O/c1-4-21(24-14-19-10-6-7-12-22(19)26)17(3)15-25(5-2)16-18-9-8-11-20(23)13-18/h4-13,15,24,26H,2,14,16H2,1,3H3/b17-15+,21-4-. The van der Waals surface area contributed by atoms with Crippen molar-refractivity contribution in [3.05, 3.63) is 101 Å². The number of nitrogens with one attached hydrogen (secondary N) is 1. The molecule has 26 heavy (non-hydrogen) atoms. The van der Waals surface area contributed by atoms with E-state index in [1.54, 1.807) is 12.3 Å². The van der Waals surface area contributed by atoms with Crippen LogP contribution in [-0.2, 0) is 13.1 Å². The Morgan fingerprint density at radius 2 is 2.00 bits per heavy atom. The van der Waals surface area contributed by atoms with Crippen molar-refractivity contribution in [3.8, 4) is 5.75 Å². The number of benzene rings is 2. The molecule has 2 rings (SSSR count). The number of rotatable bonds is 8. The quantitative estimate of drug-likeness (QED) is 0.596. The van der Waals surface area contributed by atoms with Crippen molar-refractivity contribution in [2.45, 2.75) is 26.9 Å². The summed E-state index contributed by atoms with van der Waals surface area (Å²) in [6.45, 7) is 9.18. The topological polar surface area (TPSA) is 35.5 Å². The molecule has 0 atom stereocenters. The highest BCUT2D eigenvalue weighted by molar-refractivity contribution is 6.30. The van der Waals surface area contributed by atoms with Crippen LogP contribution in [-0.4, -0.2) is 10.0 Å². The van der Waals surface area contributed by atoms with Crippen LogP contribution in [0.4, 0.5) is 0 Å². The predicted molar refractivity (Wildman–Crippen MR) is 110 cm³/mol. The van der Waals surface area contributed by atoms with Crippen LogP contribution >= 0.6 is 11.6 Å². The van der Waals surface area contributed by atoms with E-state index in [1.807, 2.05) is 73.5 Å². The Morgan fingerprint density at radius 1 is 1.23 bits per heavy atom. The number of phenolic OH excluding ortho intramolecular Hbond substituents is 1. The fraction of sp³-hybridized carbons (Fsp3) is 0.182. The molecule has 0 saturated heterocycles. The molecule has 0 fully saturated rings. The average molecular weight is 369 g/mol. The van der Waals surface area contributed by atoms with E-state index in [0.29, 0.717) is 18.8 Å². The molecule has 0 amide bonds. The van der Waals surface area contributed by atoms with Gasteiger partial charge in [0.2, 0.25) is 0 Å². The van der Waals surface area contributed by atoms with Crippen LogP contribution < -0.4 is 5.32 Å². The number of nitrogens with zero attached hydrogens (tertiary/aromatic N) is 1. The van der Waals surface area contributed by atoms with Gasteiger partial charge in [-0.1, -0.05) is 54.6 Å². The second-order valence-electron chi connectivity index (χ2n) is 5.98. The van der Waals surface area contributed by atoms with E-state index >= 15 is 0 Å². The Kier molecular flexibility index (Phi) is 7.37. The Bertz CT molecular complexity index is 811. The Morgan fingerprint density at radius 3 is 2.65 bits per heavy atom. The number of hydrogen-bond donors (Lipinski definition) is 2. The van der Waals surface area contributed by atoms with Crippen molar-refractivity contribution < 1.29 is 5.11 Å². The van der Waals surface area contributed by atoms with Crippen LogP contribution in [0.25, 0.3) is 0 Å². The fourth-order valence-electron chi connectivity index (χ4n) is 2.65. The second-order valence-corrected chi connectivity index (χ2v) is 6.42. The molecule has 0 aromatic heterocycles. The molecular formula is C22H25ClN2O. The highest BCUT2D eigenvalue weighted by atomic mass is 35.5. The third-order valence-corrected chi connectivity index (χ3v) is 4.26. The molecule has 2 aromatic carbocycles. The van der Waals surface area contributed by atoms with E-state index in [2.05, 4.69) is 11.9 Å². The molecule has 0 spiro atoms. The third kappa shape index (κ3) is 5.71. The van der Waals surface area contributed by atoms with Gasteiger partial charge in [0, 0.05) is 35.6 Å². The summed E-state index contributed by atoms with van der Waals surface area (Å²) < 4.78 is 0. The highest BCUT2D eigenvalue weighted by Crippen LogP contribution is 2.18. The first kappa shape index (κ1) is 19.7. The minimum Gasteiger partial charge on any atom is -0.508 e. The highest BCUT2D eigenvalue weighted by Gasteiger charge is 2.05. The van der Waals surface area contributed by atoms with Crippen molar-refractivity contribution in [1.29, 1.82) is 0 Å². The summed E-state index contributed by atoms with van der Waals surface area (Å²) in [6.07, 6.45) is 5.86. The number of phenols is 1. The van der Waals surface area contributed by atoms with Gasteiger partial charge >= 0.3 is 0 Å². The Labute approximate surface area is 160 Å². The van der Waals surface area contributed by atoms with Gasteiger partial charge in [-0.2, -0.15) is 0 Å². The lowest BCUT2D eigenvalue weighted by atomic mass is 10.1. The number of allylic oxidation sites excluding steroid dienone is 2. The first-order chi connectivity index (χ1) is 12.5. The Hall–Kier alpha value is -2.65. The summed E-state index contributed by atoms with van der Waals surface area (Å²) in [6, 6.07) is 15.1. The monoisotopic (exact) mass is 368 g/mol. The van der Waals surface area contributed by atoms with E-state index in [1.165, 1.54) is 0 Å². The summed E-state index contributed by atoms with van der Waals surface area (Å²) in [4.78, 5) is 2.02. The van der Waals surface area contributed by atoms with Crippen molar-refractivity contribution in [3.63, 3.8) is 0 Å². The first-order valence-corrected chi connectivity index (χ1v) is 8.90. The van der Waals surface area contributed by atoms with Crippen LogP contribution in [0.5, 0.6) is 5.75 Å². The van der Waals surface area contributed by atoms with Crippen molar-refractivity contribution in [2.24, 2.45) is 0 Å². The van der Waals surface area contributed by atoms with Crippen LogP contribution in [0.15, 0.2) is 84.9 Å². The number of hydrogen-bond acceptors (Lipinski definition) is 3. The molecule has 2 aromatic rings. The maximum absolute atomic E-state index is 9.90. The molecule has 0 bridgehead atoms. The van der Waals surface area contributed by atoms with E-state index in [9.17, 15) is 5.11 Å². The van der Waals surface area contributed by atoms with Crippen molar-refractivity contribution >= 4 is 11.6 Å². The van der Waals surface area contributed by atoms with Gasteiger partial charge in [-0.15, -0.1) is 0 Å². The predicted octanol–water partition coefficient (Wildman–Crippen LogP) is 5.59. The number of aromatic hydroxyl groups is 1. The van der Waals surface area contributed by atoms with Crippen molar-refractivity contribution in [1.82, 2.24) is 10.2 Å². The van der Waals surface area contributed by atoms with Gasteiger partial charge in [-0.25, -0.2) is 0 Å². The maximum atomic E-state index is 9.90. The minimum absolute atomic E-state index is 0.297. The van der Waals surface area contributed by atoms with Crippen LogP contribution in [0.3, 0.4) is 0 Å². The molecule has 0 unspecified atom stereocenters. The molecule has 0 saturated carbocycles. The third-order valence-electron chi connectivity index (χ3n) is 4.02. The van der Waals surface area contributed by atoms with E-state index in [4.69, 9.17) is 11.6 Å². The SMILES string of the molecule is C=CN(/C=C(C)/C(=C/C)NCc1ccccc1O)Cc1cccc(Cl)c1. The lowest BCUT2D eigenvalue weighted by Gasteiger charge is -2.19. The summed E-state index contributed by atoms with van der Waals surface area (Å²) in [5, 5.41) is 14.0. The molecule has 0 aliphatic carbocycles. The van der Waals surface area contributed by atoms with Crippen molar-refractivity contribution in [2.75, 3.05) is 0 Å². The molecule has 3 nitrogen and oxygen atoms in total. The van der Waals surface area contributed by atoms with E-state index in [-0.39, 0.29) is 0 Å². The minimum atomic E-state index is 0.297. The van der Waals surface area contributed by atoms with Crippen LogP contribution in [0, 0.1) is 0 Å². The summed E-state index contributed by atoms with van der Waals surface area (Å²) in [5.74, 6) is 0.297. The molecule has 4 heteroatoms. The first-order valence-electron chi connectivity index (χ1n) is 8.52. The summed E-state index contributed by atoms with van der Waals surface area (Å²) in [7, 11) is 0. The summed E-state index contributed by atoms with van der Waals surface area (Å²) >= 11 is 6.06. The smallest absolute Gasteiger partial charge is 0.120 e. The fourth-order valence-corrected chi connectivity index (χ4v) is 2.86. The van der Waals surface area contributed by atoms with Gasteiger partial charge in [0.1, 0.15) is 5.75 Å². The van der Waals surface area contributed by atoms with E-state index in [0.717, 1.165) is 27.4 Å². The summed E-state index contributed by atoms with van der Waals surface area (Å²) in [5.41, 5.74) is 4.06. The molecule has 0 aliphatic heterocycles. The lowest BCUT2D eigenvalue weighted by molar-refractivity contribution is 0.466. The molecule has 2 N–H and O–H groups in total. The molecule has 0 radical (unpaired) electrons. The average Bonchev–Trinajstić information content (AvgIpc) is 2.63. The van der Waals surface area contributed by atoms with Gasteiger partial charge in [0.25, 0.3) is 0 Å². The van der Waals surface area contributed by atoms with Gasteiger partial charge in [0.15, 0.2) is 0 Å². The normalized spacial score (nSPS) is 12.0. The number of para-hydroxylation sites is 1. The number of halogens is 1. The van der Waals surface area contributed by atoms with Gasteiger partial charge < -0.3 is 15.3 Å². The second kappa shape index (κ2) is 9.73. The molecule has 0 aliphatic rings. The van der Waals surface area contributed by atoms with Gasteiger partial charge in [-0.05, 0) is 49.4 Å². The molecule has 0 heterocycles. The van der Waals surface area contributed by atoms with Gasteiger partial charge in [-0.3, -0.25) is 0 Å². The zero-order valence-corrected chi connectivity index (χ0v) is 16.0. The van der Waals surface area contributed by atoms with Crippen LogP contribution in [0.2, 0.25) is 5.02 Å². The zero-order chi connectivity index (χ0) is 18.9.